The molecule has 1 N–H and O–H groups in total. The zero-order valence-corrected chi connectivity index (χ0v) is 12.0. The van der Waals surface area contributed by atoms with Gasteiger partial charge in [0.25, 0.3) is 10.0 Å². The van der Waals surface area contributed by atoms with Gasteiger partial charge in [-0.3, -0.25) is 4.68 Å². The highest BCUT2D eigenvalue weighted by molar-refractivity contribution is 9.09. The second-order valence-corrected chi connectivity index (χ2v) is 7.16. The molecule has 0 amide bonds. The Morgan fingerprint density at radius 3 is 2.76 bits per heavy atom. The fourth-order valence-electron chi connectivity index (χ4n) is 2.10. The largest absolute Gasteiger partial charge is 0.257 e. The Morgan fingerprint density at radius 1 is 1.47 bits per heavy atom. The molecule has 0 aromatic carbocycles. The molecule has 5 nitrogen and oxygen atoms in total. The molecule has 2 atom stereocenters. The van der Waals surface area contributed by atoms with Crippen LogP contribution in [0.4, 0.5) is 0 Å². The van der Waals surface area contributed by atoms with Gasteiger partial charge in [-0.1, -0.05) is 28.8 Å². The van der Waals surface area contributed by atoms with Crippen molar-refractivity contribution in [2.24, 2.45) is 7.05 Å². The van der Waals surface area contributed by atoms with E-state index in [9.17, 15) is 8.42 Å². The summed E-state index contributed by atoms with van der Waals surface area (Å²) in [5.74, 6) is 0. The van der Waals surface area contributed by atoms with Gasteiger partial charge in [-0.25, -0.2) is 13.1 Å². The van der Waals surface area contributed by atoms with Crippen LogP contribution in [0.1, 0.15) is 25.7 Å². The van der Waals surface area contributed by atoms with Crippen molar-refractivity contribution in [1.29, 1.82) is 0 Å². The van der Waals surface area contributed by atoms with Crippen molar-refractivity contribution in [3.8, 4) is 0 Å². The van der Waals surface area contributed by atoms with Crippen molar-refractivity contribution in [2.75, 3.05) is 0 Å². The number of aromatic nitrogens is 2. The summed E-state index contributed by atoms with van der Waals surface area (Å²) in [4.78, 5) is 0.222. The fourth-order valence-corrected chi connectivity index (χ4v) is 4.44. The lowest BCUT2D eigenvalue weighted by Crippen LogP contribution is -2.43. The summed E-state index contributed by atoms with van der Waals surface area (Å²) >= 11 is 3.54. The molecular weight excluding hydrogens is 306 g/mol. The Balaban J connectivity index is 2.15. The number of nitrogens with one attached hydrogen (secondary N) is 1. The van der Waals surface area contributed by atoms with E-state index < -0.39 is 10.0 Å². The van der Waals surface area contributed by atoms with Crippen LogP contribution in [0.15, 0.2) is 17.3 Å². The van der Waals surface area contributed by atoms with Gasteiger partial charge in [0.15, 0.2) is 5.03 Å². The van der Waals surface area contributed by atoms with Gasteiger partial charge < -0.3 is 0 Å². The summed E-state index contributed by atoms with van der Waals surface area (Å²) in [6, 6.07) is 1.48. The quantitative estimate of drug-likeness (QED) is 0.856. The number of halogens is 1. The van der Waals surface area contributed by atoms with E-state index >= 15 is 0 Å². The Labute approximate surface area is 110 Å². The van der Waals surface area contributed by atoms with Crippen LogP contribution in [0.5, 0.6) is 0 Å². The first-order chi connectivity index (χ1) is 8.00. The van der Waals surface area contributed by atoms with Crippen LogP contribution in [0.3, 0.4) is 0 Å². The molecular formula is C10H16BrN3O2S. The molecule has 7 heteroatoms. The minimum Gasteiger partial charge on any atom is -0.256 e. The zero-order chi connectivity index (χ0) is 12.5. The van der Waals surface area contributed by atoms with Crippen LogP contribution in [0.25, 0.3) is 0 Å². The Kier molecular flexibility index (Phi) is 3.89. The molecule has 2 unspecified atom stereocenters. The maximum Gasteiger partial charge on any atom is 0.257 e. The predicted octanol–water partition coefficient (Wildman–Crippen LogP) is 1.40. The van der Waals surface area contributed by atoms with Crippen LogP contribution < -0.4 is 4.72 Å². The molecule has 0 spiro atoms. The molecule has 1 aliphatic rings. The van der Waals surface area contributed by atoms with Crippen LogP contribution in [0.2, 0.25) is 0 Å². The zero-order valence-electron chi connectivity index (χ0n) is 9.63. The molecule has 96 valence electrons. The number of alkyl halides is 1. The predicted molar refractivity (Wildman–Crippen MR) is 68.5 cm³/mol. The lowest BCUT2D eigenvalue weighted by Gasteiger charge is -2.27. The van der Waals surface area contributed by atoms with E-state index in [2.05, 4.69) is 25.8 Å². The third-order valence-corrected chi connectivity index (χ3v) is 5.70. The molecule has 1 aromatic rings. The summed E-state index contributed by atoms with van der Waals surface area (Å²) in [5, 5.41) is 4.09. The van der Waals surface area contributed by atoms with E-state index in [4.69, 9.17) is 0 Å². The summed E-state index contributed by atoms with van der Waals surface area (Å²) in [6.45, 7) is 0. The van der Waals surface area contributed by atoms with Crippen molar-refractivity contribution in [3.63, 3.8) is 0 Å². The number of nitrogens with zero attached hydrogens (tertiary/aromatic N) is 2. The topological polar surface area (TPSA) is 64.0 Å². The van der Waals surface area contributed by atoms with Gasteiger partial charge in [-0.05, 0) is 18.9 Å². The SMILES string of the molecule is Cn1nccc1S(=O)(=O)NC1CCCCC1Br. The highest BCUT2D eigenvalue weighted by atomic mass is 79.9. The van der Waals surface area contributed by atoms with E-state index in [-0.39, 0.29) is 15.9 Å². The van der Waals surface area contributed by atoms with Gasteiger partial charge in [0.1, 0.15) is 0 Å². The third-order valence-electron chi connectivity index (χ3n) is 3.04. The minimum absolute atomic E-state index is 0.0244. The fraction of sp³-hybridized carbons (Fsp3) is 0.700. The number of sulfonamides is 1. The van der Waals surface area contributed by atoms with E-state index in [1.165, 1.54) is 16.9 Å². The van der Waals surface area contributed by atoms with E-state index in [1.807, 2.05) is 0 Å². The number of hydrogen-bond acceptors (Lipinski definition) is 3. The smallest absolute Gasteiger partial charge is 0.256 e. The molecule has 1 saturated carbocycles. The second kappa shape index (κ2) is 5.07. The van der Waals surface area contributed by atoms with Gasteiger partial charge in [0, 0.05) is 17.9 Å². The number of aryl methyl sites for hydroxylation is 1. The van der Waals surface area contributed by atoms with Crippen LogP contribution in [-0.4, -0.2) is 29.1 Å². The maximum absolute atomic E-state index is 12.1. The number of rotatable bonds is 3. The van der Waals surface area contributed by atoms with E-state index in [0.29, 0.717) is 0 Å². The van der Waals surface area contributed by atoms with Gasteiger partial charge in [0.2, 0.25) is 0 Å². The lowest BCUT2D eigenvalue weighted by atomic mass is 9.96. The van der Waals surface area contributed by atoms with Crippen molar-refractivity contribution >= 4 is 26.0 Å². The first kappa shape index (κ1) is 13.0. The van der Waals surface area contributed by atoms with Gasteiger partial charge >= 0.3 is 0 Å². The van der Waals surface area contributed by atoms with Crippen molar-refractivity contribution in [1.82, 2.24) is 14.5 Å². The molecule has 2 rings (SSSR count). The Morgan fingerprint density at radius 2 is 2.18 bits per heavy atom. The molecule has 0 bridgehead atoms. The number of hydrogen-bond donors (Lipinski definition) is 1. The van der Waals surface area contributed by atoms with E-state index in [1.54, 1.807) is 7.05 Å². The van der Waals surface area contributed by atoms with Crippen molar-refractivity contribution in [2.45, 2.75) is 41.6 Å². The normalized spacial score (nSPS) is 26.0. The first-order valence-corrected chi connectivity index (χ1v) is 8.05. The monoisotopic (exact) mass is 321 g/mol. The molecule has 1 heterocycles. The van der Waals surface area contributed by atoms with Crippen LogP contribution in [0, 0.1) is 0 Å². The van der Waals surface area contributed by atoms with Gasteiger partial charge in [-0.2, -0.15) is 5.10 Å². The molecule has 1 fully saturated rings. The molecule has 0 saturated heterocycles. The van der Waals surface area contributed by atoms with Gasteiger partial charge in [0.05, 0.1) is 6.20 Å². The minimum atomic E-state index is -3.46. The van der Waals surface area contributed by atoms with Crippen molar-refractivity contribution < 1.29 is 8.42 Å². The highest BCUT2D eigenvalue weighted by Gasteiger charge is 2.28. The average molecular weight is 322 g/mol. The average Bonchev–Trinajstić information content (AvgIpc) is 2.68. The molecule has 1 aliphatic carbocycles. The second-order valence-electron chi connectivity index (χ2n) is 4.32. The first-order valence-electron chi connectivity index (χ1n) is 5.65. The maximum atomic E-state index is 12.1. The van der Waals surface area contributed by atoms with Crippen molar-refractivity contribution in [3.05, 3.63) is 12.3 Å². The van der Waals surface area contributed by atoms with Crippen LogP contribution >= 0.6 is 15.9 Å². The highest BCUT2D eigenvalue weighted by Crippen LogP contribution is 2.25. The molecule has 1 aromatic heterocycles. The molecule has 17 heavy (non-hydrogen) atoms. The molecule has 0 radical (unpaired) electrons. The summed E-state index contributed by atoms with van der Waals surface area (Å²) in [7, 11) is -1.83. The molecule has 0 aliphatic heterocycles. The Hall–Kier alpha value is -0.400. The summed E-state index contributed by atoms with van der Waals surface area (Å²) in [5.41, 5.74) is 0. The summed E-state index contributed by atoms with van der Waals surface area (Å²) in [6.07, 6.45) is 5.60. The standard InChI is InChI=1S/C10H16BrN3O2S/c1-14-10(6-7-12-14)17(15,16)13-9-5-3-2-4-8(9)11/h6-9,13H,2-5H2,1H3. The van der Waals surface area contributed by atoms with E-state index in [0.717, 1.165) is 25.7 Å². The third kappa shape index (κ3) is 2.89. The van der Waals surface area contributed by atoms with Gasteiger partial charge in [-0.15, -0.1) is 0 Å². The van der Waals surface area contributed by atoms with Crippen LogP contribution in [-0.2, 0) is 17.1 Å². The summed E-state index contributed by atoms with van der Waals surface area (Å²) < 4.78 is 28.4. The lowest BCUT2D eigenvalue weighted by molar-refractivity contribution is 0.425. The Bertz CT molecular complexity index is 485.